The zero-order valence-corrected chi connectivity index (χ0v) is 16.9. The molecule has 0 radical (unpaired) electrons. The number of benzene rings is 1. The van der Waals surface area contributed by atoms with Gasteiger partial charge in [0.05, 0.1) is 31.2 Å². The van der Waals surface area contributed by atoms with Crippen molar-refractivity contribution in [2.24, 2.45) is 5.92 Å². The Labute approximate surface area is 174 Å². The van der Waals surface area contributed by atoms with Crippen LogP contribution in [0.1, 0.15) is 35.1 Å². The van der Waals surface area contributed by atoms with Crippen LogP contribution in [-0.4, -0.2) is 23.3 Å². The number of rotatable bonds is 6. The number of nitrogens with zero attached hydrogens (tertiary/aromatic N) is 1. The van der Waals surface area contributed by atoms with Crippen LogP contribution in [0.15, 0.2) is 70.7 Å². The van der Waals surface area contributed by atoms with E-state index < -0.39 is 0 Å². The number of carbonyl (C=O) groups excluding carboxylic acids is 2. The molecule has 2 aromatic heterocycles. The molecule has 4 rings (SSSR count). The van der Waals surface area contributed by atoms with Gasteiger partial charge in [-0.3, -0.25) is 9.59 Å². The molecule has 5 nitrogen and oxygen atoms in total. The van der Waals surface area contributed by atoms with Crippen molar-refractivity contribution in [1.29, 1.82) is 0 Å². The third-order valence-electron chi connectivity index (χ3n) is 5.38. The van der Waals surface area contributed by atoms with Crippen molar-refractivity contribution in [2.75, 3.05) is 6.54 Å². The monoisotopic (exact) mass is 408 g/mol. The summed E-state index contributed by atoms with van der Waals surface area (Å²) in [4.78, 5) is 28.8. The minimum atomic E-state index is -0.211. The number of hydrogen-bond donors (Lipinski definition) is 1. The van der Waals surface area contributed by atoms with Gasteiger partial charge in [-0.25, -0.2) is 0 Å². The largest absolute Gasteiger partial charge is 0.467 e. The molecule has 3 heterocycles. The number of hydrogen-bond acceptors (Lipinski definition) is 4. The minimum absolute atomic E-state index is 0.0118. The zero-order chi connectivity index (χ0) is 20.1. The molecule has 2 amide bonds. The molecule has 0 spiro atoms. The lowest BCUT2D eigenvalue weighted by Crippen LogP contribution is -2.47. The topological polar surface area (TPSA) is 62.6 Å². The molecule has 2 atom stereocenters. The third kappa shape index (κ3) is 4.77. The van der Waals surface area contributed by atoms with Crippen LogP contribution < -0.4 is 5.32 Å². The molecular weight excluding hydrogens is 384 g/mol. The molecule has 29 heavy (non-hydrogen) atoms. The predicted octanol–water partition coefficient (Wildman–Crippen LogP) is 4.18. The summed E-state index contributed by atoms with van der Waals surface area (Å²) >= 11 is 1.59. The van der Waals surface area contributed by atoms with Crippen LogP contribution in [0.25, 0.3) is 0 Å². The van der Waals surface area contributed by atoms with Crippen LogP contribution in [0, 0.1) is 5.92 Å². The summed E-state index contributed by atoms with van der Waals surface area (Å²) in [5.74, 6) is 0.561. The Kier molecular flexibility index (Phi) is 6.10. The van der Waals surface area contributed by atoms with Crippen LogP contribution in [0.5, 0.6) is 0 Å². The van der Waals surface area contributed by atoms with Crippen molar-refractivity contribution < 1.29 is 14.0 Å². The van der Waals surface area contributed by atoms with Crippen molar-refractivity contribution in [1.82, 2.24) is 10.2 Å². The molecule has 150 valence electrons. The molecule has 0 saturated carbocycles. The number of amides is 2. The normalized spacial score (nSPS) is 19.1. The second kappa shape index (κ2) is 9.09. The first-order valence-corrected chi connectivity index (χ1v) is 10.8. The summed E-state index contributed by atoms with van der Waals surface area (Å²) in [7, 11) is 0. The molecule has 3 aromatic rings. The summed E-state index contributed by atoms with van der Waals surface area (Å²) < 4.78 is 5.29. The SMILES string of the molecule is O=C(NCc1ccco1)[C@H]1CC[C@@H](c2ccccc2)N(C(=O)Cc2cccs2)C1. The van der Waals surface area contributed by atoms with Crippen LogP contribution >= 0.6 is 11.3 Å². The molecule has 1 aliphatic rings. The van der Waals surface area contributed by atoms with Crippen LogP contribution in [-0.2, 0) is 22.6 Å². The van der Waals surface area contributed by atoms with Gasteiger partial charge in [0, 0.05) is 11.4 Å². The van der Waals surface area contributed by atoms with E-state index in [9.17, 15) is 9.59 Å². The molecule has 6 heteroatoms. The van der Waals surface area contributed by atoms with Crippen molar-refractivity contribution >= 4 is 23.2 Å². The van der Waals surface area contributed by atoms with E-state index in [1.165, 1.54) is 0 Å². The predicted molar refractivity (Wildman–Crippen MR) is 112 cm³/mol. The fourth-order valence-electron chi connectivity index (χ4n) is 3.88. The van der Waals surface area contributed by atoms with Crippen LogP contribution in [0.3, 0.4) is 0 Å². The Morgan fingerprint density at radius 1 is 1.07 bits per heavy atom. The van der Waals surface area contributed by atoms with Crippen LogP contribution in [0.2, 0.25) is 0 Å². The maximum absolute atomic E-state index is 13.1. The first kappa shape index (κ1) is 19.5. The Bertz CT molecular complexity index is 922. The first-order chi connectivity index (χ1) is 14.2. The molecule has 0 bridgehead atoms. The van der Waals surface area contributed by atoms with E-state index >= 15 is 0 Å². The number of nitrogens with one attached hydrogen (secondary N) is 1. The average molecular weight is 409 g/mol. The average Bonchev–Trinajstić information content (AvgIpc) is 3.46. The Balaban J connectivity index is 1.47. The number of furan rings is 1. The second-order valence-electron chi connectivity index (χ2n) is 7.30. The van der Waals surface area contributed by atoms with E-state index in [4.69, 9.17) is 4.42 Å². The Hall–Kier alpha value is -2.86. The number of carbonyl (C=O) groups is 2. The zero-order valence-electron chi connectivity index (χ0n) is 16.1. The summed E-state index contributed by atoms with van der Waals surface area (Å²) in [6.07, 6.45) is 3.50. The van der Waals surface area contributed by atoms with Gasteiger partial charge in [-0.1, -0.05) is 36.4 Å². The molecule has 0 aliphatic carbocycles. The lowest BCUT2D eigenvalue weighted by Gasteiger charge is -2.39. The first-order valence-electron chi connectivity index (χ1n) is 9.87. The van der Waals surface area contributed by atoms with Gasteiger partial charge in [-0.15, -0.1) is 11.3 Å². The highest BCUT2D eigenvalue weighted by atomic mass is 32.1. The maximum atomic E-state index is 13.1. The van der Waals surface area contributed by atoms with Gasteiger partial charge in [0.25, 0.3) is 0 Å². The van der Waals surface area contributed by atoms with Gasteiger partial charge in [-0.2, -0.15) is 0 Å². The van der Waals surface area contributed by atoms with Gasteiger partial charge in [0.15, 0.2) is 0 Å². The Morgan fingerprint density at radius 3 is 2.66 bits per heavy atom. The van der Waals surface area contributed by atoms with Gasteiger partial charge in [0.2, 0.25) is 11.8 Å². The van der Waals surface area contributed by atoms with Crippen molar-refractivity contribution in [3.05, 3.63) is 82.4 Å². The van der Waals surface area contributed by atoms with Gasteiger partial charge in [0.1, 0.15) is 5.76 Å². The lowest BCUT2D eigenvalue weighted by atomic mass is 9.88. The summed E-state index contributed by atoms with van der Waals surface area (Å²) in [5, 5.41) is 4.93. The second-order valence-corrected chi connectivity index (χ2v) is 8.33. The highest BCUT2D eigenvalue weighted by Gasteiger charge is 2.35. The number of likely N-dealkylation sites (tertiary alicyclic amines) is 1. The fraction of sp³-hybridized carbons (Fsp3) is 0.304. The van der Waals surface area contributed by atoms with E-state index in [0.29, 0.717) is 19.5 Å². The fourth-order valence-corrected chi connectivity index (χ4v) is 4.57. The molecule has 1 aromatic carbocycles. The quantitative estimate of drug-likeness (QED) is 0.666. The van der Waals surface area contributed by atoms with Crippen molar-refractivity contribution in [3.8, 4) is 0 Å². The lowest BCUT2D eigenvalue weighted by molar-refractivity contribution is -0.138. The minimum Gasteiger partial charge on any atom is -0.467 e. The molecular formula is C23H24N2O3S. The third-order valence-corrected chi connectivity index (χ3v) is 6.26. The number of piperidine rings is 1. The summed E-state index contributed by atoms with van der Waals surface area (Å²) in [6.45, 7) is 0.807. The molecule has 0 unspecified atom stereocenters. The molecule has 1 fully saturated rings. The Morgan fingerprint density at radius 2 is 1.93 bits per heavy atom. The molecule has 1 N–H and O–H groups in total. The number of thiophene rings is 1. The van der Waals surface area contributed by atoms with E-state index in [2.05, 4.69) is 17.4 Å². The smallest absolute Gasteiger partial charge is 0.228 e. The highest BCUT2D eigenvalue weighted by molar-refractivity contribution is 7.10. The molecule has 1 aliphatic heterocycles. The molecule has 1 saturated heterocycles. The van der Waals surface area contributed by atoms with Crippen molar-refractivity contribution in [2.45, 2.75) is 31.8 Å². The van der Waals surface area contributed by atoms with Crippen molar-refractivity contribution in [3.63, 3.8) is 0 Å². The van der Waals surface area contributed by atoms with E-state index in [1.54, 1.807) is 23.7 Å². The maximum Gasteiger partial charge on any atom is 0.228 e. The van der Waals surface area contributed by atoms with Crippen LogP contribution in [0.4, 0.5) is 0 Å². The highest BCUT2D eigenvalue weighted by Crippen LogP contribution is 2.34. The van der Waals surface area contributed by atoms with Gasteiger partial charge >= 0.3 is 0 Å². The van der Waals surface area contributed by atoms with Gasteiger partial charge < -0.3 is 14.6 Å². The van der Waals surface area contributed by atoms with Gasteiger partial charge in [-0.05, 0) is 42.0 Å². The standard InChI is InChI=1S/C23H24N2O3S/c26-22(14-20-9-5-13-29-20)25-16-18(23(27)24-15-19-8-4-12-28-19)10-11-21(25)17-6-2-1-3-7-17/h1-9,12-13,18,21H,10-11,14-16H2,(H,24,27)/t18-,21-/m0/s1. The van der Waals surface area contributed by atoms with E-state index in [-0.39, 0.29) is 23.8 Å². The summed E-state index contributed by atoms with van der Waals surface area (Å²) in [5.41, 5.74) is 1.13. The van der Waals surface area contributed by atoms with E-state index in [1.807, 2.05) is 46.7 Å². The van der Waals surface area contributed by atoms with E-state index in [0.717, 1.165) is 29.0 Å². The summed E-state index contributed by atoms with van der Waals surface area (Å²) in [6, 6.07) is 17.7.